The molecule has 6 nitrogen and oxygen atoms in total. The molecule has 1 aromatic carbocycles. The first-order valence-corrected chi connectivity index (χ1v) is 12.0. The van der Waals surface area contributed by atoms with E-state index in [0.29, 0.717) is 12.4 Å². The van der Waals surface area contributed by atoms with Crippen LogP contribution in [0.15, 0.2) is 12.1 Å². The van der Waals surface area contributed by atoms with Gasteiger partial charge in [-0.25, -0.2) is 9.18 Å². The number of aliphatic carboxylic acids is 1. The van der Waals surface area contributed by atoms with Gasteiger partial charge in [-0.05, 0) is 80.2 Å². The number of rotatable bonds is 6. The molecule has 0 radical (unpaired) electrons. The van der Waals surface area contributed by atoms with Crippen molar-refractivity contribution in [2.24, 2.45) is 23.2 Å². The molecule has 2 N–H and O–H groups in total. The fraction of sp³-hybridized carbons (Fsp3) is 0.680. The fourth-order valence-electron chi connectivity index (χ4n) is 7.39. The van der Waals surface area contributed by atoms with Crippen LogP contribution in [0.5, 0.6) is 5.75 Å². The fourth-order valence-corrected chi connectivity index (χ4v) is 7.39. The third kappa shape index (κ3) is 3.31. The van der Waals surface area contributed by atoms with E-state index in [-0.39, 0.29) is 29.9 Å². The van der Waals surface area contributed by atoms with E-state index in [1.54, 1.807) is 6.07 Å². The number of carboxylic acids is 1. The minimum absolute atomic E-state index is 0.0373. The summed E-state index contributed by atoms with van der Waals surface area (Å²) in [6.07, 6.45) is 7.40. The molecule has 32 heavy (non-hydrogen) atoms. The Morgan fingerprint density at radius 3 is 2.47 bits per heavy atom. The summed E-state index contributed by atoms with van der Waals surface area (Å²) < 4.78 is 21.4. The number of carbonyl (C=O) groups excluding carboxylic acids is 1. The van der Waals surface area contributed by atoms with Crippen LogP contribution in [0.2, 0.25) is 0 Å². The molecule has 0 aromatic heterocycles. The Hall–Kier alpha value is -2.15. The molecule has 5 saturated carbocycles. The first-order valence-electron chi connectivity index (χ1n) is 12.0. The summed E-state index contributed by atoms with van der Waals surface area (Å²) in [5.74, 6) is 0.758. The summed E-state index contributed by atoms with van der Waals surface area (Å²) >= 11 is 0. The predicted octanol–water partition coefficient (Wildman–Crippen LogP) is 3.57. The molecule has 4 bridgehead atoms. The molecule has 1 heterocycles. The molecule has 5 aliphatic carbocycles. The van der Waals surface area contributed by atoms with Gasteiger partial charge in [0.2, 0.25) is 0 Å². The molecule has 6 fully saturated rings. The summed E-state index contributed by atoms with van der Waals surface area (Å²) in [5, 5.41) is 19.3. The van der Waals surface area contributed by atoms with Gasteiger partial charge >= 0.3 is 5.97 Å². The number of aliphatic hydroxyl groups is 1. The maximum absolute atomic E-state index is 15.1. The monoisotopic (exact) mass is 443 g/mol. The van der Waals surface area contributed by atoms with Gasteiger partial charge in [-0.2, -0.15) is 0 Å². The van der Waals surface area contributed by atoms with Gasteiger partial charge in [0.05, 0.1) is 18.3 Å². The average Bonchev–Trinajstić information content (AvgIpc) is 3.39. The number of hydrogen-bond donors (Lipinski definition) is 2. The van der Waals surface area contributed by atoms with Crippen molar-refractivity contribution in [1.29, 1.82) is 0 Å². The zero-order chi connectivity index (χ0) is 22.2. The van der Waals surface area contributed by atoms with Crippen molar-refractivity contribution in [2.75, 3.05) is 13.2 Å². The van der Waals surface area contributed by atoms with Crippen LogP contribution in [0.1, 0.15) is 73.2 Å². The number of likely N-dealkylation sites (tertiary alicyclic amines) is 1. The van der Waals surface area contributed by atoms with Crippen molar-refractivity contribution in [1.82, 2.24) is 4.90 Å². The van der Waals surface area contributed by atoms with Crippen LogP contribution >= 0.6 is 0 Å². The highest BCUT2D eigenvalue weighted by Crippen LogP contribution is 2.64. The van der Waals surface area contributed by atoms with E-state index < -0.39 is 29.8 Å². The molecular formula is C25H30FNO5. The molecule has 172 valence electrons. The Bertz CT molecular complexity index is 956. The number of hydrogen-bond acceptors (Lipinski definition) is 4. The zero-order valence-corrected chi connectivity index (χ0v) is 18.1. The molecule has 1 aliphatic heterocycles. The number of benzene rings is 1. The largest absolute Gasteiger partial charge is 0.493 e. The average molecular weight is 444 g/mol. The van der Waals surface area contributed by atoms with Gasteiger partial charge in [-0.15, -0.1) is 0 Å². The summed E-state index contributed by atoms with van der Waals surface area (Å²) in [4.78, 5) is 25.7. The van der Waals surface area contributed by atoms with Crippen LogP contribution in [0.25, 0.3) is 0 Å². The SMILES string of the molecule is O=C(O)[C@@H]1C[C@H](O)CN1C(=O)c1cc(C2CC2)c(OCC23CC4CC(C2)C(C4)C3)cc1F. The van der Waals surface area contributed by atoms with Crippen molar-refractivity contribution in [2.45, 2.75) is 69.4 Å². The summed E-state index contributed by atoms with van der Waals surface area (Å²) in [5.41, 5.74) is 0.953. The maximum atomic E-state index is 15.1. The van der Waals surface area contributed by atoms with Crippen LogP contribution < -0.4 is 4.74 Å². The van der Waals surface area contributed by atoms with Crippen LogP contribution in [-0.2, 0) is 4.79 Å². The molecule has 4 atom stereocenters. The van der Waals surface area contributed by atoms with Gasteiger partial charge in [0.1, 0.15) is 17.6 Å². The van der Waals surface area contributed by atoms with E-state index >= 15 is 4.39 Å². The Morgan fingerprint density at radius 1 is 1.12 bits per heavy atom. The van der Waals surface area contributed by atoms with E-state index in [4.69, 9.17) is 4.74 Å². The first-order chi connectivity index (χ1) is 15.3. The Balaban J connectivity index is 1.24. The Morgan fingerprint density at radius 2 is 1.84 bits per heavy atom. The molecule has 2 unspecified atom stereocenters. The number of aliphatic hydroxyl groups excluding tert-OH is 1. The quantitative estimate of drug-likeness (QED) is 0.702. The van der Waals surface area contributed by atoms with Gasteiger partial charge in [0.15, 0.2) is 0 Å². The summed E-state index contributed by atoms with van der Waals surface area (Å²) in [6, 6.07) is 1.77. The van der Waals surface area contributed by atoms with E-state index in [1.807, 2.05) is 0 Å². The number of ether oxygens (including phenoxy) is 1. The second-order valence-corrected chi connectivity index (χ2v) is 11.1. The molecule has 1 saturated heterocycles. The van der Waals surface area contributed by atoms with Gasteiger partial charge in [0.25, 0.3) is 5.91 Å². The van der Waals surface area contributed by atoms with E-state index in [2.05, 4.69) is 0 Å². The van der Waals surface area contributed by atoms with Crippen LogP contribution in [-0.4, -0.2) is 52.3 Å². The highest BCUT2D eigenvalue weighted by Gasteiger charge is 2.56. The van der Waals surface area contributed by atoms with Crippen molar-refractivity contribution >= 4 is 11.9 Å². The molecule has 7 rings (SSSR count). The number of nitrogens with zero attached hydrogens (tertiary/aromatic N) is 1. The zero-order valence-electron chi connectivity index (χ0n) is 18.1. The lowest BCUT2D eigenvalue weighted by Gasteiger charge is -2.38. The van der Waals surface area contributed by atoms with Gasteiger partial charge in [-0.3, -0.25) is 4.79 Å². The van der Waals surface area contributed by atoms with Crippen molar-refractivity contribution in [3.8, 4) is 5.75 Å². The van der Waals surface area contributed by atoms with Gasteiger partial charge in [-0.1, -0.05) is 0 Å². The normalized spacial score (nSPS) is 37.3. The molecule has 1 amide bonds. The van der Waals surface area contributed by atoms with Gasteiger partial charge in [0, 0.05) is 24.4 Å². The van der Waals surface area contributed by atoms with Gasteiger partial charge < -0.3 is 19.8 Å². The highest BCUT2D eigenvalue weighted by atomic mass is 19.1. The molecular weight excluding hydrogens is 413 g/mol. The molecule has 1 aromatic rings. The lowest BCUT2D eigenvalue weighted by atomic mass is 9.70. The van der Waals surface area contributed by atoms with Crippen LogP contribution in [0.4, 0.5) is 4.39 Å². The van der Waals surface area contributed by atoms with Crippen molar-refractivity contribution in [3.05, 3.63) is 29.1 Å². The highest BCUT2D eigenvalue weighted by molar-refractivity contribution is 5.97. The Labute approximate surface area is 186 Å². The first kappa shape index (κ1) is 20.5. The number of amides is 1. The second-order valence-electron chi connectivity index (χ2n) is 11.1. The molecule has 7 heteroatoms. The number of β-amino-alcohol motifs (C(OH)–C–C–N with tert-alkyl or cyclic N) is 1. The third-order valence-corrected chi connectivity index (χ3v) is 8.76. The Kier molecular flexibility index (Phi) is 4.59. The summed E-state index contributed by atoms with van der Waals surface area (Å²) in [6.45, 7) is 0.515. The smallest absolute Gasteiger partial charge is 0.326 e. The molecule has 0 spiro atoms. The minimum Gasteiger partial charge on any atom is -0.493 e. The van der Waals surface area contributed by atoms with Crippen molar-refractivity contribution < 1.29 is 28.9 Å². The number of halogens is 1. The second kappa shape index (κ2) is 7.17. The van der Waals surface area contributed by atoms with Crippen LogP contribution in [0.3, 0.4) is 0 Å². The number of carbonyl (C=O) groups is 2. The topological polar surface area (TPSA) is 87.1 Å². The van der Waals surface area contributed by atoms with E-state index in [9.17, 15) is 19.8 Å². The maximum Gasteiger partial charge on any atom is 0.326 e. The van der Waals surface area contributed by atoms with Crippen LogP contribution in [0, 0.1) is 29.0 Å². The lowest BCUT2D eigenvalue weighted by Crippen LogP contribution is -2.41. The standard InChI is InChI=1S/C25H30FNO5/c26-20-7-22(32-12-25-8-13-3-15(9-25)16(4-13)10-25)18(14-1-2-14)6-19(20)23(29)27-11-17(28)5-21(27)24(30)31/h6-7,13-17,21,28H,1-5,8-12H2,(H,30,31)/t13?,15?,16?,17-,21-,25?/m0/s1. The number of carboxylic acid groups (broad SMARTS) is 1. The van der Waals surface area contributed by atoms with Crippen molar-refractivity contribution in [3.63, 3.8) is 0 Å². The lowest BCUT2D eigenvalue weighted by molar-refractivity contribution is -0.141. The summed E-state index contributed by atoms with van der Waals surface area (Å²) in [7, 11) is 0. The van der Waals surface area contributed by atoms with E-state index in [1.165, 1.54) is 38.2 Å². The minimum atomic E-state index is -1.18. The predicted molar refractivity (Wildman–Crippen MR) is 113 cm³/mol. The third-order valence-electron chi connectivity index (χ3n) is 8.76. The molecule has 6 aliphatic rings. The van der Waals surface area contributed by atoms with E-state index in [0.717, 1.165) is 41.1 Å².